The number of amidine groups is 1. The predicted molar refractivity (Wildman–Crippen MR) is 99.6 cm³/mol. The molecule has 3 rings (SSSR count). The molecular weight excluding hydrogens is 396 g/mol. The Hall–Kier alpha value is -2.62. The number of carbonyl (C=O) groups is 1. The van der Waals surface area contributed by atoms with Crippen molar-refractivity contribution in [1.82, 2.24) is 4.98 Å². The highest BCUT2D eigenvalue weighted by molar-refractivity contribution is 8.13. The minimum atomic E-state index is -4.61. The van der Waals surface area contributed by atoms with E-state index in [1.807, 2.05) is 6.92 Å². The number of rotatable bonds is 3. The largest absolute Gasteiger partial charge is 0.433 e. The Morgan fingerprint density at radius 1 is 1.29 bits per heavy atom. The molecule has 1 amide bonds. The van der Waals surface area contributed by atoms with Crippen molar-refractivity contribution in [3.05, 3.63) is 59.2 Å². The van der Waals surface area contributed by atoms with E-state index in [9.17, 15) is 22.4 Å². The molecule has 10 heteroatoms. The van der Waals surface area contributed by atoms with E-state index in [1.165, 1.54) is 23.9 Å². The fourth-order valence-electron chi connectivity index (χ4n) is 2.74. The van der Waals surface area contributed by atoms with Crippen LogP contribution in [-0.4, -0.2) is 21.8 Å². The second-order valence-electron chi connectivity index (χ2n) is 6.40. The molecule has 1 aliphatic rings. The minimum Gasteiger partial charge on any atom is -0.379 e. The van der Waals surface area contributed by atoms with E-state index in [-0.39, 0.29) is 11.3 Å². The molecule has 0 aliphatic carbocycles. The highest BCUT2D eigenvalue weighted by atomic mass is 32.2. The average Bonchev–Trinajstić information content (AvgIpc) is 2.62. The first kappa shape index (κ1) is 20.1. The third kappa shape index (κ3) is 4.27. The summed E-state index contributed by atoms with van der Waals surface area (Å²) in [6, 6.07) is 5.90. The second kappa shape index (κ2) is 7.42. The van der Waals surface area contributed by atoms with Crippen molar-refractivity contribution in [3.63, 3.8) is 0 Å². The standard InChI is InChI=1S/C18H16F4N4OS/c1-17(6-7-28-16(23)26-17)11-3-4-12(19)13(8-11)25-15(27)10-2-5-14(24-9-10)18(20,21)22/h2-5,8-9H,6-7H2,1H3,(H2,23,26)(H,25,27). The van der Waals surface area contributed by atoms with E-state index < -0.39 is 29.1 Å². The zero-order valence-corrected chi connectivity index (χ0v) is 15.5. The van der Waals surface area contributed by atoms with Crippen LogP contribution >= 0.6 is 11.8 Å². The second-order valence-corrected chi connectivity index (χ2v) is 7.52. The number of carbonyl (C=O) groups excluding carboxylic acids is 1. The van der Waals surface area contributed by atoms with Crippen molar-refractivity contribution in [2.24, 2.45) is 10.7 Å². The molecule has 1 aromatic heterocycles. The SMILES string of the molecule is CC1(c2ccc(F)c(NC(=O)c3ccc(C(F)(F)F)nc3)c2)CCSC(N)=N1. The number of anilines is 1. The Balaban J connectivity index is 1.84. The first-order valence-corrected chi connectivity index (χ1v) is 9.20. The number of aliphatic imine (C=N–C) groups is 1. The highest BCUT2D eigenvalue weighted by Crippen LogP contribution is 2.36. The van der Waals surface area contributed by atoms with Gasteiger partial charge in [-0.3, -0.25) is 14.8 Å². The van der Waals surface area contributed by atoms with Gasteiger partial charge in [0, 0.05) is 11.9 Å². The summed E-state index contributed by atoms with van der Waals surface area (Å²) in [7, 11) is 0. The van der Waals surface area contributed by atoms with Crippen LogP contribution in [0.4, 0.5) is 23.2 Å². The lowest BCUT2D eigenvalue weighted by Gasteiger charge is -2.30. The van der Waals surface area contributed by atoms with E-state index in [1.54, 1.807) is 6.07 Å². The molecule has 0 fully saturated rings. The number of aromatic nitrogens is 1. The first-order valence-electron chi connectivity index (χ1n) is 8.21. The summed E-state index contributed by atoms with van der Waals surface area (Å²) in [5, 5.41) is 2.80. The summed E-state index contributed by atoms with van der Waals surface area (Å²) in [6.45, 7) is 1.86. The van der Waals surface area contributed by atoms with Crippen LogP contribution in [0, 0.1) is 5.82 Å². The van der Waals surface area contributed by atoms with Gasteiger partial charge in [0.25, 0.3) is 5.91 Å². The molecule has 5 nitrogen and oxygen atoms in total. The van der Waals surface area contributed by atoms with Gasteiger partial charge < -0.3 is 11.1 Å². The Labute approximate surface area is 162 Å². The molecule has 3 N–H and O–H groups in total. The number of alkyl halides is 3. The van der Waals surface area contributed by atoms with Crippen LogP contribution in [0.25, 0.3) is 0 Å². The summed E-state index contributed by atoms with van der Waals surface area (Å²) < 4.78 is 51.9. The molecule has 2 heterocycles. The maximum absolute atomic E-state index is 14.2. The maximum Gasteiger partial charge on any atom is 0.433 e. The van der Waals surface area contributed by atoms with Crippen LogP contribution in [0.1, 0.15) is 35.0 Å². The van der Waals surface area contributed by atoms with Gasteiger partial charge in [-0.05, 0) is 43.2 Å². The van der Waals surface area contributed by atoms with E-state index >= 15 is 0 Å². The Morgan fingerprint density at radius 3 is 2.64 bits per heavy atom. The van der Waals surface area contributed by atoms with Crippen LogP contribution in [0.3, 0.4) is 0 Å². The summed E-state index contributed by atoms with van der Waals surface area (Å²) in [5.74, 6) is -0.699. The van der Waals surface area contributed by atoms with E-state index in [0.717, 1.165) is 18.0 Å². The fourth-order valence-corrected chi connectivity index (χ4v) is 3.72. The topological polar surface area (TPSA) is 80.4 Å². The van der Waals surface area contributed by atoms with Crippen molar-refractivity contribution in [2.75, 3.05) is 11.1 Å². The molecule has 1 unspecified atom stereocenters. The first-order chi connectivity index (χ1) is 13.1. The van der Waals surface area contributed by atoms with Crippen molar-refractivity contribution in [2.45, 2.75) is 25.1 Å². The molecule has 1 aliphatic heterocycles. The zero-order valence-electron chi connectivity index (χ0n) is 14.7. The number of halogens is 4. The molecule has 28 heavy (non-hydrogen) atoms. The lowest BCUT2D eigenvalue weighted by atomic mass is 9.89. The van der Waals surface area contributed by atoms with E-state index in [4.69, 9.17) is 5.73 Å². The molecule has 0 saturated heterocycles. The molecule has 0 spiro atoms. The fraction of sp³-hybridized carbons (Fsp3) is 0.278. The molecule has 1 aromatic carbocycles. The average molecular weight is 412 g/mol. The van der Waals surface area contributed by atoms with Crippen molar-refractivity contribution in [3.8, 4) is 0 Å². The van der Waals surface area contributed by atoms with Gasteiger partial charge in [0.05, 0.1) is 16.8 Å². The molecule has 2 aromatic rings. The molecular formula is C18H16F4N4OS. The highest BCUT2D eigenvalue weighted by Gasteiger charge is 2.32. The molecule has 0 radical (unpaired) electrons. The third-order valence-electron chi connectivity index (χ3n) is 4.35. The normalized spacial score (nSPS) is 19.8. The summed E-state index contributed by atoms with van der Waals surface area (Å²) in [4.78, 5) is 20.0. The van der Waals surface area contributed by atoms with Crippen molar-refractivity contribution < 1.29 is 22.4 Å². The number of pyridine rings is 1. The van der Waals surface area contributed by atoms with Gasteiger partial charge in [-0.25, -0.2) is 4.39 Å². The van der Waals surface area contributed by atoms with Crippen LogP contribution in [0.15, 0.2) is 41.5 Å². The van der Waals surface area contributed by atoms with Gasteiger partial charge in [-0.15, -0.1) is 0 Å². The van der Waals surface area contributed by atoms with Crippen LogP contribution in [-0.2, 0) is 11.7 Å². The molecule has 148 valence electrons. The minimum absolute atomic E-state index is 0.101. The smallest absolute Gasteiger partial charge is 0.379 e. The summed E-state index contributed by atoms with van der Waals surface area (Å²) >= 11 is 1.43. The van der Waals surface area contributed by atoms with E-state index in [0.29, 0.717) is 23.2 Å². The number of nitrogens with one attached hydrogen (secondary N) is 1. The number of hydrogen-bond acceptors (Lipinski definition) is 5. The van der Waals surface area contributed by atoms with Gasteiger partial charge in [-0.2, -0.15) is 13.2 Å². The molecule has 0 bridgehead atoms. The van der Waals surface area contributed by atoms with Crippen LogP contribution in [0.5, 0.6) is 0 Å². The van der Waals surface area contributed by atoms with Crippen LogP contribution in [0.2, 0.25) is 0 Å². The van der Waals surface area contributed by atoms with Gasteiger partial charge in [0.1, 0.15) is 11.5 Å². The van der Waals surface area contributed by atoms with Crippen molar-refractivity contribution in [1.29, 1.82) is 0 Å². The maximum atomic E-state index is 14.2. The zero-order chi connectivity index (χ0) is 20.5. The summed E-state index contributed by atoms with van der Waals surface area (Å²) in [5.41, 5.74) is 4.47. The number of amides is 1. The number of thioether (sulfide) groups is 1. The van der Waals surface area contributed by atoms with Gasteiger partial charge in [0.2, 0.25) is 0 Å². The van der Waals surface area contributed by atoms with Gasteiger partial charge in [-0.1, -0.05) is 17.8 Å². The summed E-state index contributed by atoms with van der Waals surface area (Å²) in [6.07, 6.45) is -3.13. The lowest BCUT2D eigenvalue weighted by Crippen LogP contribution is -2.29. The Bertz CT molecular complexity index is 930. The molecule has 1 atom stereocenters. The van der Waals surface area contributed by atoms with Crippen LogP contribution < -0.4 is 11.1 Å². The number of benzene rings is 1. The van der Waals surface area contributed by atoms with E-state index in [2.05, 4.69) is 15.3 Å². The quantitative estimate of drug-likeness (QED) is 0.742. The molecule has 0 saturated carbocycles. The van der Waals surface area contributed by atoms with Gasteiger partial charge in [0.15, 0.2) is 5.17 Å². The monoisotopic (exact) mass is 412 g/mol. The number of nitrogens with two attached hydrogens (primary N) is 1. The third-order valence-corrected chi connectivity index (χ3v) is 5.14. The Morgan fingerprint density at radius 2 is 2.04 bits per heavy atom. The van der Waals surface area contributed by atoms with Gasteiger partial charge >= 0.3 is 6.18 Å². The van der Waals surface area contributed by atoms with Crippen molar-refractivity contribution >= 4 is 28.5 Å². The lowest BCUT2D eigenvalue weighted by molar-refractivity contribution is -0.141. The Kier molecular flexibility index (Phi) is 5.33. The number of nitrogens with zero attached hydrogens (tertiary/aromatic N) is 2. The predicted octanol–water partition coefficient (Wildman–Crippen LogP) is 4.16. The number of hydrogen-bond donors (Lipinski definition) is 2.